The van der Waals surface area contributed by atoms with Crippen molar-refractivity contribution in [1.82, 2.24) is 10.2 Å². The van der Waals surface area contributed by atoms with Crippen molar-refractivity contribution < 1.29 is 4.79 Å². The van der Waals surface area contributed by atoms with Crippen molar-refractivity contribution in [3.8, 4) is 0 Å². The molecular formula is C14H22N2O. The molecule has 0 saturated carbocycles. The fraction of sp³-hybridized carbons (Fsp3) is 0.643. The summed E-state index contributed by atoms with van der Waals surface area (Å²) in [7, 11) is 0. The number of amides is 1. The van der Waals surface area contributed by atoms with Crippen LogP contribution in [0.1, 0.15) is 32.6 Å². The molecule has 3 nitrogen and oxygen atoms in total. The van der Waals surface area contributed by atoms with Gasteiger partial charge < -0.3 is 10.2 Å². The Morgan fingerprint density at radius 1 is 1.47 bits per heavy atom. The van der Waals surface area contributed by atoms with Crippen LogP contribution in [0, 0.1) is 5.92 Å². The van der Waals surface area contributed by atoms with Gasteiger partial charge in [-0.1, -0.05) is 25.8 Å². The molecule has 2 rings (SSSR count). The summed E-state index contributed by atoms with van der Waals surface area (Å²) in [5.41, 5.74) is 0.890. The highest BCUT2D eigenvalue weighted by Gasteiger charge is 2.24. The quantitative estimate of drug-likeness (QED) is 0.810. The number of carbonyl (C=O) groups excluding carboxylic acids is 1. The third kappa shape index (κ3) is 3.11. The van der Waals surface area contributed by atoms with Crippen LogP contribution in [0.5, 0.6) is 0 Å². The van der Waals surface area contributed by atoms with E-state index in [-0.39, 0.29) is 5.91 Å². The minimum Gasteiger partial charge on any atom is -0.387 e. The molecule has 3 heteroatoms. The maximum atomic E-state index is 12.2. The van der Waals surface area contributed by atoms with Gasteiger partial charge in [0.25, 0.3) is 5.91 Å². The summed E-state index contributed by atoms with van der Waals surface area (Å²) < 4.78 is 0. The minimum absolute atomic E-state index is 0.219. The molecule has 1 saturated heterocycles. The second-order valence-electron chi connectivity index (χ2n) is 4.96. The molecule has 0 bridgehead atoms. The predicted molar refractivity (Wildman–Crippen MR) is 69.4 cm³/mol. The highest BCUT2D eigenvalue weighted by molar-refractivity contribution is 5.94. The number of hydrogen-bond donors (Lipinski definition) is 1. The van der Waals surface area contributed by atoms with Crippen LogP contribution in [-0.2, 0) is 4.79 Å². The van der Waals surface area contributed by atoms with Gasteiger partial charge in [0.15, 0.2) is 0 Å². The summed E-state index contributed by atoms with van der Waals surface area (Å²) in [5, 5.41) is 3.09. The molecular weight excluding hydrogens is 212 g/mol. The third-order valence-corrected chi connectivity index (χ3v) is 3.68. The zero-order valence-electron chi connectivity index (χ0n) is 10.6. The van der Waals surface area contributed by atoms with E-state index in [4.69, 9.17) is 0 Å². The smallest absolute Gasteiger partial charge is 0.251 e. The molecule has 2 heterocycles. The van der Waals surface area contributed by atoms with Gasteiger partial charge >= 0.3 is 0 Å². The number of piperidine rings is 1. The van der Waals surface area contributed by atoms with Crippen LogP contribution in [0.15, 0.2) is 23.9 Å². The number of nitrogens with zero attached hydrogens (tertiary/aromatic N) is 1. The van der Waals surface area contributed by atoms with Gasteiger partial charge in [0, 0.05) is 25.2 Å². The predicted octanol–water partition coefficient (Wildman–Crippen LogP) is 2.07. The number of carbonyl (C=O) groups is 1. The molecule has 2 aliphatic heterocycles. The largest absolute Gasteiger partial charge is 0.387 e. The molecule has 0 aromatic rings. The Kier molecular flexibility index (Phi) is 4.24. The first-order valence-corrected chi connectivity index (χ1v) is 6.69. The van der Waals surface area contributed by atoms with Gasteiger partial charge in [0.2, 0.25) is 0 Å². The summed E-state index contributed by atoms with van der Waals surface area (Å²) in [5.74, 6) is 1.05. The fourth-order valence-electron chi connectivity index (χ4n) is 2.64. The molecule has 0 atom stereocenters. The standard InChI is InChI=1S/C14H22N2O/c1-2-4-12-6-9-16(10-7-12)14(17)13-5-3-8-15-11-13/h3,5,8,12,15H,2,4,6-7,9-11H2,1H3. The highest BCUT2D eigenvalue weighted by Crippen LogP contribution is 2.22. The lowest BCUT2D eigenvalue weighted by Gasteiger charge is -2.32. The minimum atomic E-state index is 0.219. The fourth-order valence-corrected chi connectivity index (χ4v) is 2.64. The number of dihydropyridines is 1. The molecule has 94 valence electrons. The summed E-state index contributed by atoms with van der Waals surface area (Å²) >= 11 is 0. The van der Waals surface area contributed by atoms with Crippen LogP contribution in [-0.4, -0.2) is 30.4 Å². The van der Waals surface area contributed by atoms with Gasteiger partial charge in [-0.25, -0.2) is 0 Å². The van der Waals surface area contributed by atoms with E-state index in [1.807, 2.05) is 23.3 Å². The highest BCUT2D eigenvalue weighted by atomic mass is 16.2. The lowest BCUT2D eigenvalue weighted by Crippen LogP contribution is -2.40. The van der Waals surface area contributed by atoms with Crippen molar-refractivity contribution in [2.45, 2.75) is 32.6 Å². The zero-order chi connectivity index (χ0) is 12.1. The number of nitrogens with one attached hydrogen (secondary N) is 1. The first-order valence-electron chi connectivity index (χ1n) is 6.69. The molecule has 1 fully saturated rings. The van der Waals surface area contributed by atoms with Crippen molar-refractivity contribution in [2.75, 3.05) is 19.6 Å². The second kappa shape index (κ2) is 5.89. The molecule has 0 spiro atoms. The number of rotatable bonds is 3. The van der Waals surface area contributed by atoms with Crippen molar-refractivity contribution in [3.05, 3.63) is 23.9 Å². The average molecular weight is 234 g/mol. The Hall–Kier alpha value is -1.25. The first kappa shape index (κ1) is 12.2. The van der Waals surface area contributed by atoms with Crippen LogP contribution in [0.2, 0.25) is 0 Å². The SMILES string of the molecule is CCCC1CCN(C(=O)C2=CC=CNC2)CC1. The lowest BCUT2D eigenvalue weighted by molar-refractivity contribution is -0.128. The Balaban J connectivity index is 1.86. The third-order valence-electron chi connectivity index (χ3n) is 3.68. The van der Waals surface area contributed by atoms with Crippen LogP contribution < -0.4 is 5.32 Å². The average Bonchev–Trinajstić information content (AvgIpc) is 2.40. The van der Waals surface area contributed by atoms with E-state index in [2.05, 4.69) is 12.2 Å². The summed E-state index contributed by atoms with van der Waals surface area (Å²) in [6.07, 6.45) is 10.6. The van der Waals surface area contributed by atoms with Crippen molar-refractivity contribution in [1.29, 1.82) is 0 Å². The normalized spacial score (nSPS) is 21.0. The van der Waals surface area contributed by atoms with Crippen LogP contribution in [0.25, 0.3) is 0 Å². The lowest BCUT2D eigenvalue weighted by atomic mass is 9.92. The van der Waals surface area contributed by atoms with Crippen molar-refractivity contribution in [2.24, 2.45) is 5.92 Å². The van der Waals surface area contributed by atoms with Crippen molar-refractivity contribution in [3.63, 3.8) is 0 Å². The second-order valence-corrected chi connectivity index (χ2v) is 4.96. The Morgan fingerprint density at radius 2 is 2.24 bits per heavy atom. The number of likely N-dealkylation sites (tertiary alicyclic amines) is 1. The summed E-state index contributed by atoms with van der Waals surface area (Å²) in [6.45, 7) is 4.78. The molecule has 0 aromatic heterocycles. The van der Waals surface area contributed by atoms with E-state index in [1.165, 1.54) is 25.7 Å². The summed E-state index contributed by atoms with van der Waals surface area (Å²) in [6, 6.07) is 0. The van der Waals surface area contributed by atoms with Crippen molar-refractivity contribution >= 4 is 5.91 Å². The van der Waals surface area contributed by atoms with E-state index in [0.29, 0.717) is 6.54 Å². The first-order chi connectivity index (χ1) is 8.31. The van der Waals surface area contributed by atoms with E-state index >= 15 is 0 Å². The topological polar surface area (TPSA) is 32.3 Å². The maximum absolute atomic E-state index is 12.2. The molecule has 0 aromatic carbocycles. The molecule has 17 heavy (non-hydrogen) atoms. The molecule has 1 N–H and O–H groups in total. The molecule has 1 amide bonds. The maximum Gasteiger partial charge on any atom is 0.251 e. The van der Waals surface area contributed by atoms with E-state index in [1.54, 1.807) is 0 Å². The Bertz CT molecular complexity index is 325. The van der Waals surface area contributed by atoms with E-state index in [0.717, 1.165) is 24.6 Å². The monoisotopic (exact) mass is 234 g/mol. The molecule has 0 unspecified atom stereocenters. The number of hydrogen-bond acceptors (Lipinski definition) is 2. The van der Waals surface area contributed by atoms with Gasteiger partial charge in [-0.15, -0.1) is 0 Å². The van der Waals surface area contributed by atoms with Gasteiger partial charge in [-0.2, -0.15) is 0 Å². The van der Waals surface area contributed by atoms with Crippen LogP contribution in [0.4, 0.5) is 0 Å². The van der Waals surface area contributed by atoms with Crippen LogP contribution in [0.3, 0.4) is 0 Å². The van der Waals surface area contributed by atoms with E-state index < -0.39 is 0 Å². The Labute approximate surface area is 104 Å². The molecule has 0 radical (unpaired) electrons. The summed E-state index contributed by atoms with van der Waals surface area (Å²) in [4.78, 5) is 14.2. The number of allylic oxidation sites excluding steroid dienone is 2. The molecule has 2 aliphatic rings. The van der Waals surface area contributed by atoms with E-state index in [9.17, 15) is 4.79 Å². The van der Waals surface area contributed by atoms with Crippen LogP contribution >= 0.6 is 0 Å². The van der Waals surface area contributed by atoms with Gasteiger partial charge in [-0.05, 0) is 31.0 Å². The zero-order valence-corrected chi connectivity index (χ0v) is 10.6. The van der Waals surface area contributed by atoms with Gasteiger partial charge in [0.05, 0.1) is 0 Å². The van der Waals surface area contributed by atoms with Gasteiger partial charge in [0.1, 0.15) is 0 Å². The Morgan fingerprint density at radius 3 is 2.82 bits per heavy atom. The van der Waals surface area contributed by atoms with Gasteiger partial charge in [-0.3, -0.25) is 4.79 Å². The molecule has 0 aliphatic carbocycles.